The van der Waals surface area contributed by atoms with Crippen LogP contribution in [0.5, 0.6) is 0 Å². The number of nitrogens with zero attached hydrogens (tertiary/aromatic N) is 1. The van der Waals surface area contributed by atoms with E-state index in [4.69, 9.17) is 17.2 Å². The molecular weight excluding hydrogens is 943 g/mol. The molecule has 2 rings (SSSR count). The van der Waals surface area contributed by atoms with Crippen molar-refractivity contribution in [3.8, 4) is 0 Å². The number of carboxylic acids is 3. The van der Waals surface area contributed by atoms with E-state index in [2.05, 4.69) is 42.2 Å². The van der Waals surface area contributed by atoms with E-state index in [1.54, 1.807) is 88.4 Å². The maximum atomic E-state index is 14.2. The molecule has 25 heteroatoms. The maximum Gasteiger partial charge on any atom is 0.326 e. The minimum absolute atomic E-state index is 0.0575. The van der Waals surface area contributed by atoms with Gasteiger partial charge in [0, 0.05) is 19.4 Å². The van der Waals surface area contributed by atoms with Crippen LogP contribution in [0.4, 0.5) is 0 Å². The van der Waals surface area contributed by atoms with Gasteiger partial charge in [0.15, 0.2) is 5.96 Å². The van der Waals surface area contributed by atoms with Crippen LogP contribution < -0.4 is 54.4 Å². The summed E-state index contributed by atoms with van der Waals surface area (Å²) >= 11 is 0. The van der Waals surface area contributed by atoms with Crippen LogP contribution in [-0.4, -0.2) is 147 Å². The number of hydrogen-bond donors (Lipinski definition) is 14. The zero-order valence-electron chi connectivity index (χ0n) is 40.7. The fourth-order valence-electron chi connectivity index (χ4n) is 7.01. The summed E-state index contributed by atoms with van der Waals surface area (Å²) in [5.74, 6) is -12.7. The number of nitrogens with one attached hydrogen (secondary N) is 7. The van der Waals surface area contributed by atoms with E-state index in [9.17, 15) is 68.4 Å². The molecule has 0 radical (unpaired) electrons. The summed E-state index contributed by atoms with van der Waals surface area (Å²) < 4.78 is 0. The van der Waals surface area contributed by atoms with Crippen molar-refractivity contribution in [3.63, 3.8) is 0 Å². The van der Waals surface area contributed by atoms with Gasteiger partial charge in [0.05, 0.1) is 25.5 Å². The Bertz CT molecular complexity index is 2190. The highest BCUT2D eigenvalue weighted by Crippen LogP contribution is 2.13. The SMILES string of the molecule is CC[C@H](C)[C@H](NC(=O)[C@H](CC(=O)O)NC(=O)[C@H](CC(C)C)NC(=O)[C@@H](N)CCCN=C(N)N)C(=O)N[C@@H](Cc1ccccc1)C(=O)N[C@@H](CO)C(=O)N[C@@H](CC(=O)O)C(=O)N[C@@H](Cc1ccccc1)C(=O)O. The molecule has 0 spiro atoms. The highest BCUT2D eigenvalue weighted by molar-refractivity contribution is 5.99. The molecular formula is C47H69N11O14. The quantitative estimate of drug-likeness (QED) is 0.0202. The van der Waals surface area contributed by atoms with Crippen LogP contribution in [0.2, 0.25) is 0 Å². The summed E-state index contributed by atoms with van der Waals surface area (Å²) in [5.41, 5.74) is 17.7. The molecule has 0 saturated carbocycles. The molecule has 72 heavy (non-hydrogen) atoms. The van der Waals surface area contributed by atoms with Gasteiger partial charge in [-0.15, -0.1) is 0 Å². The van der Waals surface area contributed by atoms with Crippen LogP contribution in [-0.2, 0) is 60.8 Å². The van der Waals surface area contributed by atoms with Gasteiger partial charge in [0.2, 0.25) is 41.4 Å². The first kappa shape index (κ1) is 60.5. The van der Waals surface area contributed by atoms with Crippen molar-refractivity contribution in [1.29, 1.82) is 0 Å². The van der Waals surface area contributed by atoms with Gasteiger partial charge in [-0.25, -0.2) is 4.79 Å². The number of aliphatic hydroxyl groups excluding tert-OH is 1. The number of carbonyl (C=O) groups is 10. The molecule has 0 bridgehead atoms. The van der Waals surface area contributed by atoms with Gasteiger partial charge < -0.3 is 74.8 Å². The molecule has 0 unspecified atom stereocenters. The van der Waals surface area contributed by atoms with Gasteiger partial charge in [-0.2, -0.15) is 0 Å². The Morgan fingerprint density at radius 3 is 1.43 bits per heavy atom. The number of amides is 7. The van der Waals surface area contributed by atoms with E-state index >= 15 is 0 Å². The summed E-state index contributed by atoms with van der Waals surface area (Å²) in [7, 11) is 0. The second-order valence-electron chi connectivity index (χ2n) is 17.5. The topological polar surface area (TPSA) is 426 Å². The van der Waals surface area contributed by atoms with Crippen LogP contribution in [0.1, 0.15) is 77.3 Å². The van der Waals surface area contributed by atoms with Gasteiger partial charge in [0.1, 0.15) is 42.3 Å². The number of aliphatic carboxylic acids is 3. The molecule has 0 aliphatic carbocycles. The lowest BCUT2D eigenvalue weighted by Crippen LogP contribution is -2.62. The molecule has 17 N–H and O–H groups in total. The second kappa shape index (κ2) is 30.8. The van der Waals surface area contributed by atoms with Gasteiger partial charge >= 0.3 is 17.9 Å². The average Bonchev–Trinajstić information content (AvgIpc) is 3.32. The smallest absolute Gasteiger partial charge is 0.326 e. The van der Waals surface area contributed by atoms with Gasteiger partial charge in [0.25, 0.3) is 0 Å². The van der Waals surface area contributed by atoms with Crippen LogP contribution >= 0.6 is 0 Å². The number of aliphatic imine (C=N–C) groups is 1. The largest absolute Gasteiger partial charge is 0.481 e. The normalized spacial score (nSPS) is 14.7. The van der Waals surface area contributed by atoms with Crippen LogP contribution in [0.15, 0.2) is 65.7 Å². The van der Waals surface area contributed by atoms with Gasteiger partial charge in [-0.3, -0.25) is 48.1 Å². The average molecular weight is 1010 g/mol. The van der Waals surface area contributed by atoms with Crippen molar-refractivity contribution in [2.45, 2.75) is 127 Å². The molecule has 0 aliphatic heterocycles. The van der Waals surface area contributed by atoms with E-state index in [0.29, 0.717) is 17.5 Å². The van der Waals surface area contributed by atoms with Crippen molar-refractivity contribution < 1.29 is 68.4 Å². The first-order valence-electron chi connectivity index (χ1n) is 23.2. The number of carboxylic acid groups (broad SMARTS) is 3. The lowest BCUT2D eigenvalue weighted by atomic mass is 9.96. The lowest BCUT2D eigenvalue weighted by Gasteiger charge is -2.29. The second-order valence-corrected chi connectivity index (χ2v) is 17.5. The summed E-state index contributed by atoms with van der Waals surface area (Å²) in [4.78, 5) is 135. The number of benzene rings is 2. The monoisotopic (exact) mass is 1010 g/mol. The third kappa shape index (κ3) is 22.0. The Morgan fingerprint density at radius 2 is 0.972 bits per heavy atom. The fraction of sp³-hybridized carbons (Fsp3) is 0.511. The van der Waals surface area contributed by atoms with Crippen molar-refractivity contribution in [1.82, 2.24) is 37.2 Å². The fourth-order valence-corrected chi connectivity index (χ4v) is 7.01. The Kier molecular flexibility index (Phi) is 25.9. The minimum atomic E-state index is -1.88. The van der Waals surface area contributed by atoms with Crippen molar-refractivity contribution in [2.75, 3.05) is 13.2 Å². The molecule has 0 aromatic heterocycles. The third-order valence-corrected chi connectivity index (χ3v) is 11.1. The van der Waals surface area contributed by atoms with Gasteiger partial charge in [-0.1, -0.05) is 94.8 Å². The van der Waals surface area contributed by atoms with E-state index in [1.807, 2.05) is 0 Å². The summed E-state index contributed by atoms with van der Waals surface area (Å²) in [6.07, 6.45) is -1.62. The maximum absolute atomic E-state index is 14.2. The molecule has 9 atom stereocenters. The Hall–Kier alpha value is -7.67. The first-order chi connectivity index (χ1) is 33.9. The number of hydrogen-bond acceptors (Lipinski definition) is 13. The highest BCUT2D eigenvalue weighted by atomic mass is 16.4. The molecule has 0 aliphatic rings. The van der Waals surface area contributed by atoms with Gasteiger partial charge in [-0.05, 0) is 42.2 Å². The Morgan fingerprint density at radius 1 is 0.556 bits per heavy atom. The van der Waals surface area contributed by atoms with E-state index in [1.165, 1.54) is 0 Å². The molecule has 7 amide bonds. The van der Waals surface area contributed by atoms with Crippen molar-refractivity contribution >= 4 is 65.2 Å². The number of rotatable bonds is 32. The summed E-state index contributed by atoms with van der Waals surface area (Å²) in [5, 5.41) is 56.0. The molecule has 25 nitrogen and oxygen atoms in total. The predicted molar refractivity (Wildman–Crippen MR) is 260 cm³/mol. The van der Waals surface area contributed by atoms with E-state index in [-0.39, 0.29) is 50.5 Å². The standard InChI is InChI=1S/C47H69N11O14/c1-5-26(4)38(58-43(68)33(23-37(62)63)53-40(65)30(19-25(2)3)52-39(64)29(48)17-12-18-51-47(49)50)45(70)55-31(20-27-13-8-6-9-14-27)41(66)57-35(24-59)44(69)54-32(22-36(60)61)42(67)56-34(46(71)72)21-28-15-10-7-11-16-28/h6-11,13-16,25-26,29-35,38,59H,5,12,17-24,48H2,1-4H3,(H,52,64)(H,53,65)(H,54,69)(H,55,70)(H,56,67)(H,57,66)(H,58,68)(H,60,61)(H,62,63)(H,71,72)(H4,49,50,51)/t26-,29-,30-,31-,32-,33-,34-,35-,38-/m0/s1. The lowest BCUT2D eigenvalue weighted by molar-refractivity contribution is -0.144. The van der Waals surface area contributed by atoms with E-state index in [0.717, 1.165) is 0 Å². The zero-order valence-corrected chi connectivity index (χ0v) is 40.7. The molecule has 2 aromatic carbocycles. The molecule has 0 saturated heterocycles. The van der Waals surface area contributed by atoms with Crippen molar-refractivity contribution in [3.05, 3.63) is 71.8 Å². The molecule has 0 fully saturated rings. The Balaban J connectivity index is 2.36. The van der Waals surface area contributed by atoms with E-state index < -0.39 is 133 Å². The summed E-state index contributed by atoms with van der Waals surface area (Å²) in [6.45, 7) is 5.87. The highest BCUT2D eigenvalue weighted by Gasteiger charge is 2.37. The zero-order chi connectivity index (χ0) is 54.1. The van der Waals surface area contributed by atoms with Crippen molar-refractivity contribution in [2.24, 2.45) is 34.0 Å². The summed E-state index contributed by atoms with van der Waals surface area (Å²) in [6, 6.07) is 3.94. The molecule has 396 valence electrons. The number of nitrogens with two attached hydrogens (primary N) is 3. The predicted octanol–water partition coefficient (Wildman–Crippen LogP) is -2.64. The Labute approximate surface area is 416 Å². The number of carbonyl (C=O) groups excluding carboxylic acids is 7. The van der Waals surface area contributed by atoms with Crippen LogP contribution in [0.25, 0.3) is 0 Å². The number of aliphatic hydroxyl groups is 1. The first-order valence-corrected chi connectivity index (χ1v) is 23.2. The third-order valence-electron chi connectivity index (χ3n) is 11.1. The molecule has 0 heterocycles. The van der Waals surface area contributed by atoms with Crippen LogP contribution in [0.3, 0.4) is 0 Å². The number of guanidine groups is 1. The molecule has 2 aromatic rings. The minimum Gasteiger partial charge on any atom is -0.481 e. The van der Waals surface area contributed by atoms with Crippen LogP contribution in [0, 0.1) is 11.8 Å².